The highest BCUT2D eigenvalue weighted by atomic mass is 16.6. The number of carbonyl (C=O) groups is 5. The number of hydrogen-bond acceptors (Lipinski definition) is 7. The minimum atomic E-state index is -1.31. The van der Waals surface area contributed by atoms with Crippen LogP contribution < -0.4 is 16.0 Å². The van der Waals surface area contributed by atoms with Crippen LogP contribution in [0.2, 0.25) is 0 Å². The van der Waals surface area contributed by atoms with Crippen LogP contribution in [0.3, 0.4) is 0 Å². The van der Waals surface area contributed by atoms with Crippen LogP contribution in [-0.2, 0) is 41.7 Å². The van der Waals surface area contributed by atoms with Crippen LogP contribution in [0.4, 0.5) is 4.79 Å². The van der Waals surface area contributed by atoms with Gasteiger partial charge in [-0.15, -0.1) is 0 Å². The van der Waals surface area contributed by atoms with Crippen molar-refractivity contribution < 1.29 is 38.6 Å². The topological polar surface area (TPSA) is 176 Å². The fourth-order valence-corrected chi connectivity index (χ4v) is 4.60. The lowest BCUT2D eigenvalue weighted by Gasteiger charge is -2.26. The van der Waals surface area contributed by atoms with Gasteiger partial charge >= 0.3 is 18.0 Å². The molecule has 0 aliphatic rings. The van der Waals surface area contributed by atoms with Crippen LogP contribution in [0.1, 0.15) is 58.6 Å². The van der Waals surface area contributed by atoms with Crippen molar-refractivity contribution in [3.05, 3.63) is 71.9 Å². The van der Waals surface area contributed by atoms with E-state index in [2.05, 4.69) is 20.9 Å². The zero-order chi connectivity index (χ0) is 33.1. The van der Waals surface area contributed by atoms with E-state index >= 15 is 0 Å². The second-order valence-corrected chi connectivity index (χ2v) is 12.1. The first-order chi connectivity index (χ1) is 21.2. The van der Waals surface area contributed by atoms with Crippen molar-refractivity contribution in [3.8, 4) is 0 Å². The molecular formula is C33H42N4O8. The average Bonchev–Trinajstić information content (AvgIpc) is 3.38. The van der Waals surface area contributed by atoms with Crippen molar-refractivity contribution in [2.75, 3.05) is 0 Å². The monoisotopic (exact) mass is 622 g/mol. The predicted octanol–water partition coefficient (Wildman–Crippen LogP) is 3.84. The molecule has 0 fully saturated rings. The van der Waals surface area contributed by atoms with Crippen LogP contribution in [0.15, 0.2) is 60.8 Å². The molecule has 45 heavy (non-hydrogen) atoms. The minimum absolute atomic E-state index is 0.0270. The number of ether oxygens (including phenoxy) is 2. The van der Waals surface area contributed by atoms with Gasteiger partial charge in [-0.3, -0.25) is 14.4 Å². The maximum atomic E-state index is 13.8. The molecule has 0 unspecified atom stereocenters. The Morgan fingerprint density at radius 2 is 1.51 bits per heavy atom. The molecular weight excluding hydrogens is 580 g/mol. The zero-order valence-electron chi connectivity index (χ0n) is 26.2. The number of benzene rings is 2. The molecule has 3 aromatic rings. The van der Waals surface area contributed by atoms with E-state index in [4.69, 9.17) is 9.47 Å². The number of aliphatic carboxylic acids is 1. The van der Waals surface area contributed by atoms with Gasteiger partial charge in [0.25, 0.3) is 0 Å². The summed E-state index contributed by atoms with van der Waals surface area (Å²) < 4.78 is 10.7. The van der Waals surface area contributed by atoms with E-state index in [0.717, 1.165) is 22.0 Å². The van der Waals surface area contributed by atoms with Gasteiger partial charge in [0.1, 0.15) is 30.3 Å². The first-order valence-corrected chi connectivity index (χ1v) is 14.8. The van der Waals surface area contributed by atoms with Crippen LogP contribution in [0, 0.1) is 5.92 Å². The highest BCUT2D eigenvalue weighted by Crippen LogP contribution is 2.20. The summed E-state index contributed by atoms with van der Waals surface area (Å²) in [5.41, 5.74) is 1.55. The second-order valence-electron chi connectivity index (χ2n) is 12.1. The van der Waals surface area contributed by atoms with E-state index < -0.39 is 59.5 Å². The summed E-state index contributed by atoms with van der Waals surface area (Å²) >= 11 is 0. The van der Waals surface area contributed by atoms with Crippen LogP contribution in [-0.4, -0.2) is 63.7 Å². The smallest absolute Gasteiger partial charge is 0.408 e. The highest BCUT2D eigenvalue weighted by Gasteiger charge is 2.32. The summed E-state index contributed by atoms with van der Waals surface area (Å²) in [5, 5.41) is 18.1. The molecule has 3 rings (SSSR count). The number of hydrogen-bond donors (Lipinski definition) is 5. The number of carboxylic acid groups (broad SMARTS) is 1. The molecule has 3 atom stereocenters. The minimum Gasteiger partial charge on any atom is -0.480 e. The number of carboxylic acids is 1. The fourth-order valence-electron chi connectivity index (χ4n) is 4.60. The lowest BCUT2D eigenvalue weighted by molar-refractivity contribution is -0.155. The fraction of sp³-hybridized carbons (Fsp3) is 0.424. The van der Waals surface area contributed by atoms with E-state index in [0.29, 0.717) is 0 Å². The van der Waals surface area contributed by atoms with Crippen LogP contribution in [0.5, 0.6) is 0 Å². The lowest BCUT2D eigenvalue weighted by atomic mass is 10.0. The van der Waals surface area contributed by atoms with Crippen molar-refractivity contribution in [2.45, 2.75) is 84.2 Å². The summed E-state index contributed by atoms with van der Waals surface area (Å²) in [5.74, 6) is -3.80. The molecule has 0 saturated heterocycles. The van der Waals surface area contributed by atoms with Gasteiger partial charge in [0.2, 0.25) is 11.8 Å². The largest absolute Gasteiger partial charge is 0.480 e. The Morgan fingerprint density at radius 3 is 2.16 bits per heavy atom. The van der Waals surface area contributed by atoms with Gasteiger partial charge in [-0.05, 0) is 50.3 Å². The summed E-state index contributed by atoms with van der Waals surface area (Å²) in [4.78, 5) is 67.3. The van der Waals surface area contributed by atoms with E-state index in [1.54, 1.807) is 65.1 Å². The molecule has 1 heterocycles. The highest BCUT2D eigenvalue weighted by molar-refractivity contribution is 5.94. The number of carbonyl (C=O) groups excluding carboxylic acids is 4. The first-order valence-electron chi connectivity index (χ1n) is 14.8. The Bertz CT molecular complexity index is 1480. The number of esters is 1. The van der Waals surface area contributed by atoms with Crippen molar-refractivity contribution >= 4 is 40.7 Å². The van der Waals surface area contributed by atoms with Gasteiger partial charge in [0.15, 0.2) is 0 Å². The molecule has 0 spiro atoms. The van der Waals surface area contributed by atoms with Crippen LogP contribution in [0.25, 0.3) is 10.9 Å². The maximum absolute atomic E-state index is 13.8. The number of aromatic nitrogens is 1. The van der Waals surface area contributed by atoms with E-state index in [1.807, 2.05) is 30.3 Å². The molecule has 3 amide bonds. The van der Waals surface area contributed by atoms with Crippen LogP contribution >= 0.6 is 0 Å². The zero-order valence-corrected chi connectivity index (χ0v) is 26.2. The Labute approximate surface area is 262 Å². The third-order valence-corrected chi connectivity index (χ3v) is 6.84. The van der Waals surface area contributed by atoms with Gasteiger partial charge in [-0.2, -0.15) is 0 Å². The van der Waals surface area contributed by atoms with Crippen molar-refractivity contribution in [3.63, 3.8) is 0 Å². The van der Waals surface area contributed by atoms with Crippen molar-refractivity contribution in [2.24, 2.45) is 5.92 Å². The molecule has 0 aliphatic heterocycles. The van der Waals surface area contributed by atoms with E-state index in [9.17, 15) is 29.1 Å². The lowest BCUT2D eigenvalue weighted by Crippen LogP contribution is -2.57. The van der Waals surface area contributed by atoms with E-state index in [1.165, 1.54) is 0 Å². The Hall–Kier alpha value is -4.87. The van der Waals surface area contributed by atoms with E-state index in [-0.39, 0.29) is 25.9 Å². The molecule has 242 valence electrons. The molecule has 5 N–H and O–H groups in total. The summed E-state index contributed by atoms with van der Waals surface area (Å²) in [7, 11) is 0. The van der Waals surface area contributed by atoms with Crippen molar-refractivity contribution in [1.82, 2.24) is 20.9 Å². The first kappa shape index (κ1) is 34.6. The summed E-state index contributed by atoms with van der Waals surface area (Å²) in [6.45, 7) is 8.35. The second kappa shape index (κ2) is 15.7. The quantitative estimate of drug-likeness (QED) is 0.169. The molecule has 12 heteroatoms. The molecule has 2 aromatic carbocycles. The van der Waals surface area contributed by atoms with Gasteiger partial charge in [-0.1, -0.05) is 62.4 Å². The summed E-state index contributed by atoms with van der Waals surface area (Å²) in [6.07, 6.45) is 0.526. The van der Waals surface area contributed by atoms with Gasteiger partial charge < -0.3 is 35.5 Å². The molecule has 12 nitrogen and oxygen atoms in total. The SMILES string of the molecule is CC(C)[C@@H](NC(=O)[C@H](CCC(=O)OC(C)(C)C)NC(=O)[C@H](Cc1c[nH]c2ccccc12)NC(=O)OCc1ccccc1)C(=O)O. The average molecular weight is 623 g/mol. The molecule has 1 aromatic heterocycles. The third-order valence-electron chi connectivity index (χ3n) is 6.84. The standard InChI is InChI=1S/C33H42N4O8/c1-20(2)28(31(41)42)37-29(39)25(15-16-27(38)45-33(3,4)5)35-30(40)26(17-22-18-34-24-14-10-9-13-23(22)24)36-32(43)44-19-21-11-7-6-8-12-21/h6-14,18,20,25-26,28,34H,15-17,19H2,1-5H3,(H,35,40)(H,36,43)(H,37,39)(H,41,42)/t25-,26-,28+/m0/s1. The normalized spacial score (nSPS) is 13.4. The Morgan fingerprint density at radius 1 is 0.867 bits per heavy atom. The number of nitrogens with one attached hydrogen (secondary N) is 4. The Kier molecular flexibility index (Phi) is 12.1. The van der Waals surface area contributed by atoms with Gasteiger partial charge in [0, 0.05) is 29.9 Å². The molecule has 0 radical (unpaired) electrons. The number of aromatic amines is 1. The predicted molar refractivity (Wildman–Crippen MR) is 167 cm³/mol. The number of alkyl carbamates (subject to hydrolysis) is 1. The maximum Gasteiger partial charge on any atom is 0.408 e. The number of H-pyrrole nitrogens is 1. The number of amides is 3. The Balaban J connectivity index is 1.83. The summed E-state index contributed by atoms with van der Waals surface area (Å²) in [6, 6.07) is 12.8. The molecule has 0 aliphatic carbocycles. The molecule has 0 saturated carbocycles. The van der Waals surface area contributed by atoms with Crippen molar-refractivity contribution in [1.29, 1.82) is 0 Å². The number of fused-ring (bicyclic) bond motifs is 1. The number of para-hydroxylation sites is 1. The van der Waals surface area contributed by atoms with Gasteiger partial charge in [0.05, 0.1) is 0 Å². The third kappa shape index (κ3) is 11.0. The number of rotatable bonds is 14. The van der Waals surface area contributed by atoms with Gasteiger partial charge in [-0.25, -0.2) is 9.59 Å². The molecule has 0 bridgehead atoms.